The molecular formula is C129H96F6N8O4+4. The lowest BCUT2D eigenvalue weighted by Crippen LogP contribution is -2.30. The number of halogens is 6. The summed E-state index contributed by atoms with van der Waals surface area (Å²) in [6, 6.07) is 128. The van der Waals surface area contributed by atoms with E-state index in [1.807, 2.05) is 113 Å². The van der Waals surface area contributed by atoms with Crippen LogP contribution in [0.3, 0.4) is 0 Å². The largest absolute Gasteiger partial charge is 0.455 e. The topological polar surface area (TPSA) is 87.8 Å². The number of hydrogen-bond acceptors (Lipinski definition) is 4. The van der Waals surface area contributed by atoms with Crippen LogP contribution in [0.15, 0.2) is 412 Å². The second-order valence-electron chi connectivity index (χ2n) is 37.9. The SMILES string of the molecule is Cc1ccc2c(oc3cc(F)cc(F)c32)c1-c1n(-c2ccccc2)c2ccccc2[n+]1C.Cc1ccc2c(oc3cc(F)cc(F)c32)c1-c1n(-c2ccccc2C(C)C)c2ccccc2[n+]1C.Cc1ccc2c(oc3cc(F)ccc32)c1-c1n(-c2c(-c3ccccc3)cccc2-c2ccccc2)c2ccccc2[n+]1C.Cc1ccc2c(oc3cc(F)ccc32)c1-c1n(-c2ccccc2-c2ccccc2)c2ccccc2[n+]1C. The molecule has 0 spiro atoms. The van der Waals surface area contributed by atoms with Crippen molar-refractivity contribution < 1.29 is 62.3 Å². The molecule has 0 bridgehead atoms. The molecule has 27 rings (SSSR count). The lowest BCUT2D eigenvalue weighted by molar-refractivity contribution is -0.633. The van der Waals surface area contributed by atoms with E-state index in [4.69, 9.17) is 17.7 Å². The van der Waals surface area contributed by atoms with Crippen LogP contribution < -0.4 is 18.3 Å². The molecule has 8 aromatic heterocycles. The van der Waals surface area contributed by atoms with Gasteiger partial charge in [-0.15, -0.1) is 0 Å². The maximum Gasteiger partial charge on any atom is 0.299 e. The molecule has 8 heterocycles. The Hall–Kier alpha value is -18.2. The molecule has 0 N–H and O–H groups in total. The minimum Gasteiger partial charge on any atom is -0.455 e. The molecule has 0 radical (unpaired) electrons. The average molecular weight is 1940 g/mol. The van der Waals surface area contributed by atoms with Crippen LogP contribution >= 0.6 is 0 Å². The van der Waals surface area contributed by atoms with Crippen molar-refractivity contribution in [2.24, 2.45) is 28.2 Å². The number of hydrogen-bond donors (Lipinski definition) is 0. The van der Waals surface area contributed by atoms with E-state index in [2.05, 4.69) is 333 Å². The lowest BCUT2D eigenvalue weighted by atomic mass is 9.95. The Morgan fingerprint density at radius 3 is 0.966 bits per heavy atom. The molecule has 0 aliphatic heterocycles. The first-order valence-electron chi connectivity index (χ1n) is 49.0. The Balaban J connectivity index is 0.000000105. The van der Waals surface area contributed by atoms with E-state index in [0.717, 1.165) is 213 Å². The maximum absolute atomic E-state index is 14.9. The summed E-state index contributed by atoms with van der Waals surface area (Å²) in [6.45, 7) is 12.6. The Bertz CT molecular complexity index is 9920. The summed E-state index contributed by atoms with van der Waals surface area (Å²) in [6.07, 6.45) is 0. The highest BCUT2D eigenvalue weighted by molar-refractivity contribution is 6.14. The smallest absolute Gasteiger partial charge is 0.299 e. The average Bonchev–Trinajstić information content (AvgIpc) is 1.59. The minimum absolute atomic E-state index is 0.203. The summed E-state index contributed by atoms with van der Waals surface area (Å²) in [7, 11) is 8.26. The van der Waals surface area contributed by atoms with Gasteiger partial charge in [-0.25, -0.2) is 44.6 Å². The first-order valence-corrected chi connectivity index (χ1v) is 49.0. The van der Waals surface area contributed by atoms with Crippen LogP contribution in [0.25, 0.3) is 234 Å². The minimum atomic E-state index is -0.656. The second kappa shape index (κ2) is 36.7. The van der Waals surface area contributed by atoms with Crippen molar-refractivity contribution in [2.75, 3.05) is 0 Å². The molecule has 0 saturated carbocycles. The van der Waals surface area contributed by atoms with Crippen LogP contribution in [0.1, 0.15) is 47.6 Å². The number of para-hydroxylation sites is 12. The summed E-state index contributed by atoms with van der Waals surface area (Å²) in [5.41, 5.74) is 32.8. The Morgan fingerprint density at radius 2 is 0.544 bits per heavy atom. The van der Waals surface area contributed by atoms with Gasteiger partial charge >= 0.3 is 0 Å². The highest BCUT2D eigenvalue weighted by atomic mass is 19.2. The zero-order chi connectivity index (χ0) is 101. The third kappa shape index (κ3) is 15.3. The van der Waals surface area contributed by atoms with E-state index in [0.29, 0.717) is 49.8 Å². The van der Waals surface area contributed by atoms with Gasteiger partial charge in [0.15, 0.2) is 66.5 Å². The molecule has 19 aromatic carbocycles. The van der Waals surface area contributed by atoms with Crippen molar-refractivity contribution in [1.29, 1.82) is 0 Å². The van der Waals surface area contributed by atoms with E-state index in [-0.39, 0.29) is 22.8 Å². The number of aryl methyl sites for hydroxylation is 8. The first kappa shape index (κ1) is 91.3. The monoisotopic (exact) mass is 1930 g/mol. The zero-order valence-corrected chi connectivity index (χ0v) is 82.1. The molecule has 147 heavy (non-hydrogen) atoms. The molecular weight excluding hydrogens is 1840 g/mol. The predicted octanol–water partition coefficient (Wildman–Crippen LogP) is 32.3. The Kier molecular flexibility index (Phi) is 22.8. The number of benzene rings is 19. The van der Waals surface area contributed by atoms with Crippen molar-refractivity contribution in [3.8, 4) is 102 Å². The van der Waals surface area contributed by atoms with Gasteiger partial charge < -0.3 is 17.7 Å². The number of rotatable bonds is 12. The van der Waals surface area contributed by atoms with Crippen molar-refractivity contribution in [2.45, 2.75) is 47.5 Å². The van der Waals surface area contributed by atoms with Gasteiger partial charge in [-0.3, -0.25) is 0 Å². The number of imidazole rings is 4. The Labute approximate surface area is 841 Å². The highest BCUT2D eigenvalue weighted by Gasteiger charge is 2.39. The lowest BCUT2D eigenvalue weighted by Gasteiger charge is -2.15. The van der Waals surface area contributed by atoms with Crippen LogP contribution in [0.5, 0.6) is 0 Å². The fourth-order valence-electron chi connectivity index (χ4n) is 22.0. The molecule has 0 unspecified atom stereocenters. The molecule has 0 aliphatic carbocycles. The number of fused-ring (bicyclic) bond motifs is 16. The normalized spacial score (nSPS) is 11.7. The van der Waals surface area contributed by atoms with E-state index in [1.54, 1.807) is 6.07 Å². The second-order valence-corrected chi connectivity index (χ2v) is 37.9. The van der Waals surface area contributed by atoms with Crippen molar-refractivity contribution in [3.05, 3.63) is 457 Å². The van der Waals surface area contributed by atoms with Crippen molar-refractivity contribution in [1.82, 2.24) is 18.3 Å². The summed E-state index contributed by atoms with van der Waals surface area (Å²) in [4.78, 5) is 0. The highest BCUT2D eigenvalue weighted by Crippen LogP contribution is 2.49. The molecule has 0 atom stereocenters. The van der Waals surface area contributed by atoms with Gasteiger partial charge in [-0.2, -0.15) is 18.3 Å². The van der Waals surface area contributed by atoms with Gasteiger partial charge in [0.05, 0.1) is 39.0 Å². The number of aromatic nitrogens is 8. The van der Waals surface area contributed by atoms with E-state index < -0.39 is 23.3 Å². The predicted molar refractivity (Wildman–Crippen MR) is 578 cm³/mol. The molecule has 18 heteroatoms. The van der Waals surface area contributed by atoms with Gasteiger partial charge in [0.2, 0.25) is 0 Å². The van der Waals surface area contributed by atoms with Crippen LogP contribution in [0, 0.1) is 62.6 Å². The fourth-order valence-corrected chi connectivity index (χ4v) is 22.0. The van der Waals surface area contributed by atoms with E-state index in [1.165, 1.54) is 42.0 Å². The molecule has 0 aliphatic rings. The molecule has 0 amide bonds. The quantitative estimate of drug-likeness (QED) is 0.0901. The van der Waals surface area contributed by atoms with Gasteiger partial charge in [0.1, 0.15) is 102 Å². The van der Waals surface area contributed by atoms with E-state index >= 15 is 0 Å². The summed E-state index contributed by atoms with van der Waals surface area (Å²) in [5, 5.41) is 5.61. The molecule has 0 fully saturated rings. The number of furan rings is 4. The zero-order valence-electron chi connectivity index (χ0n) is 82.1. The summed E-state index contributed by atoms with van der Waals surface area (Å²) in [5.74, 6) is 0.958. The van der Waals surface area contributed by atoms with Crippen LogP contribution in [-0.2, 0) is 28.2 Å². The first-order chi connectivity index (χ1) is 71.6. The molecule has 714 valence electrons. The van der Waals surface area contributed by atoms with Crippen molar-refractivity contribution >= 4 is 132 Å². The molecule has 12 nitrogen and oxygen atoms in total. The van der Waals surface area contributed by atoms with Gasteiger partial charge in [0.25, 0.3) is 23.3 Å². The third-order valence-electron chi connectivity index (χ3n) is 28.8. The third-order valence-corrected chi connectivity index (χ3v) is 28.8. The molecule has 27 aromatic rings. The van der Waals surface area contributed by atoms with Crippen molar-refractivity contribution in [3.63, 3.8) is 0 Å². The summed E-state index contributed by atoms with van der Waals surface area (Å²) >= 11 is 0. The maximum atomic E-state index is 14.9. The van der Waals surface area contributed by atoms with Crippen LogP contribution in [0.4, 0.5) is 26.3 Å². The van der Waals surface area contributed by atoms with Crippen LogP contribution in [0.2, 0.25) is 0 Å². The van der Waals surface area contributed by atoms with Gasteiger partial charge in [-0.1, -0.05) is 275 Å². The molecule has 0 saturated heterocycles. The van der Waals surface area contributed by atoms with E-state index in [9.17, 15) is 26.3 Å². The fraction of sp³-hybridized carbons (Fsp3) is 0.0853. The Morgan fingerprint density at radius 1 is 0.245 bits per heavy atom. The standard InChI is InChI=1S/C39H28FN2O.C33H24FN2O.C30H25F2N2O.C27H19F2N2O/c1-25-20-22-32-31-23-21-28(40)24-35(31)43-38(32)36(25)39-41(2)33-18-9-10-19-34(33)42(39)37-29(26-12-5-3-6-13-26)16-11-17-30(37)27-14-7-4-8-15-27;1-21-16-18-26-25-19-17-23(34)20-30(25)37-32(26)31(21)33-35(2)28-14-8-9-15-29(28)36(33)27-13-7-6-12-24(27)22-10-4-3-5-11-22;1-17(2)20-9-5-6-10-23(20)34-25-12-8-7-11-24(25)33(4)30(34)27-18(3)13-14-21-28-22(32)15-19(31)16-26(28)35-29(21)27;1-16-12-13-19-25-20(29)14-17(28)15-23(25)32-26(19)24(16)27-30(2)21-10-6-7-11-22(21)31(27)18-8-4-3-5-9-18/h3-24H,1-2H3;3-20H,1-2H3;5-17H,1-4H3;3-15H,1-2H3/q4*+1. The van der Waals surface area contributed by atoms with Crippen LogP contribution in [-0.4, -0.2) is 18.3 Å². The number of nitrogens with zero attached hydrogens (tertiary/aromatic N) is 8. The van der Waals surface area contributed by atoms with Gasteiger partial charge in [-0.05, 0) is 170 Å². The van der Waals surface area contributed by atoms with Gasteiger partial charge in [0, 0.05) is 91.0 Å². The summed E-state index contributed by atoms with van der Waals surface area (Å²) < 4.78 is 129.